The number of benzene rings is 1. The Hall–Kier alpha value is -1.52. The second-order valence-electron chi connectivity index (χ2n) is 4.77. The van der Waals surface area contributed by atoms with Gasteiger partial charge in [-0.3, -0.25) is 0 Å². The first kappa shape index (κ1) is 14.9. The molecule has 0 fully saturated rings. The minimum absolute atomic E-state index is 0.584. The minimum Gasteiger partial charge on any atom is -0.496 e. The third kappa shape index (κ3) is 3.32. The molecular formula is C16H19NO2S. The fourth-order valence-electron chi connectivity index (χ4n) is 2.17. The van der Waals surface area contributed by atoms with Crippen molar-refractivity contribution in [2.24, 2.45) is 0 Å². The zero-order chi connectivity index (χ0) is 14.7. The van der Waals surface area contributed by atoms with Crippen molar-refractivity contribution in [1.82, 2.24) is 4.98 Å². The fourth-order valence-corrected chi connectivity index (χ4v) is 3.36. The maximum Gasteiger partial charge on any atom is 0.125 e. The van der Waals surface area contributed by atoms with Gasteiger partial charge in [-0.25, -0.2) is 4.98 Å². The van der Waals surface area contributed by atoms with Crippen molar-refractivity contribution in [3.8, 4) is 5.75 Å². The lowest BCUT2D eigenvalue weighted by Crippen LogP contribution is -1.99. The van der Waals surface area contributed by atoms with E-state index in [0.717, 1.165) is 21.2 Å². The van der Waals surface area contributed by atoms with Crippen LogP contribution in [0.3, 0.4) is 0 Å². The first-order valence-corrected chi connectivity index (χ1v) is 7.31. The van der Waals surface area contributed by atoms with Crippen LogP contribution in [0.2, 0.25) is 0 Å². The summed E-state index contributed by atoms with van der Waals surface area (Å²) in [5.41, 5.74) is 2.98. The van der Waals surface area contributed by atoms with E-state index >= 15 is 0 Å². The molecule has 1 N–H and O–H groups in total. The summed E-state index contributed by atoms with van der Waals surface area (Å²) in [5.74, 6) is 0.703. The van der Waals surface area contributed by atoms with Crippen molar-refractivity contribution in [2.45, 2.75) is 36.8 Å². The number of aryl methyl sites for hydroxylation is 2. The fraction of sp³-hybridized carbons (Fsp3) is 0.312. The standard InChI is InChI=1S/C16H19NO2S/c1-10-8-11(2)17-15(9-10)20-14-7-5-6-13(19-4)16(14)12(3)18/h5-9,12,18H,1-4H3. The van der Waals surface area contributed by atoms with Crippen molar-refractivity contribution in [3.63, 3.8) is 0 Å². The van der Waals surface area contributed by atoms with Crippen LogP contribution in [0.5, 0.6) is 5.75 Å². The molecule has 0 saturated heterocycles. The number of methoxy groups -OCH3 is 1. The van der Waals surface area contributed by atoms with E-state index in [1.165, 1.54) is 5.56 Å². The summed E-state index contributed by atoms with van der Waals surface area (Å²) >= 11 is 1.55. The molecule has 0 spiro atoms. The SMILES string of the molecule is COc1cccc(Sc2cc(C)cc(C)n2)c1C(C)O. The number of ether oxygens (including phenoxy) is 1. The molecule has 1 heterocycles. The Kier molecular flexibility index (Phi) is 4.68. The number of rotatable bonds is 4. The van der Waals surface area contributed by atoms with E-state index in [1.54, 1.807) is 25.8 Å². The van der Waals surface area contributed by atoms with Gasteiger partial charge in [0.05, 0.1) is 13.2 Å². The van der Waals surface area contributed by atoms with Crippen LogP contribution in [0.4, 0.5) is 0 Å². The van der Waals surface area contributed by atoms with E-state index in [9.17, 15) is 5.11 Å². The quantitative estimate of drug-likeness (QED) is 0.926. The van der Waals surface area contributed by atoms with Gasteiger partial charge in [-0.1, -0.05) is 17.8 Å². The molecule has 106 valence electrons. The van der Waals surface area contributed by atoms with Gasteiger partial charge in [0.1, 0.15) is 10.8 Å². The number of nitrogens with zero attached hydrogens (tertiary/aromatic N) is 1. The number of hydrogen-bond donors (Lipinski definition) is 1. The number of pyridine rings is 1. The van der Waals surface area contributed by atoms with E-state index < -0.39 is 6.10 Å². The molecule has 1 aromatic carbocycles. The summed E-state index contributed by atoms with van der Waals surface area (Å²) in [4.78, 5) is 5.50. The lowest BCUT2D eigenvalue weighted by Gasteiger charge is -2.15. The van der Waals surface area contributed by atoms with Crippen molar-refractivity contribution in [2.75, 3.05) is 7.11 Å². The van der Waals surface area contributed by atoms with E-state index in [0.29, 0.717) is 5.75 Å². The van der Waals surface area contributed by atoms with Gasteiger partial charge >= 0.3 is 0 Å². The molecule has 0 aliphatic heterocycles. The topological polar surface area (TPSA) is 42.4 Å². The molecule has 0 amide bonds. The van der Waals surface area contributed by atoms with Gasteiger partial charge in [-0.05, 0) is 50.6 Å². The molecule has 2 aromatic rings. The second-order valence-corrected chi connectivity index (χ2v) is 5.84. The first-order valence-electron chi connectivity index (χ1n) is 6.49. The minimum atomic E-state index is -0.584. The van der Waals surface area contributed by atoms with Gasteiger partial charge in [-0.2, -0.15) is 0 Å². The largest absolute Gasteiger partial charge is 0.496 e. The summed E-state index contributed by atoms with van der Waals surface area (Å²) in [6, 6.07) is 9.86. The monoisotopic (exact) mass is 289 g/mol. The van der Waals surface area contributed by atoms with Crippen LogP contribution in [0.15, 0.2) is 40.3 Å². The molecule has 1 atom stereocenters. The highest BCUT2D eigenvalue weighted by atomic mass is 32.2. The normalized spacial score (nSPS) is 12.2. The molecule has 0 aliphatic carbocycles. The Bertz CT molecular complexity index is 591. The van der Waals surface area contributed by atoms with Crippen molar-refractivity contribution in [3.05, 3.63) is 47.2 Å². The molecular weight excluding hydrogens is 270 g/mol. The second kappa shape index (κ2) is 6.29. The average molecular weight is 289 g/mol. The van der Waals surface area contributed by atoms with E-state index in [4.69, 9.17) is 4.74 Å². The molecule has 1 unspecified atom stereocenters. The summed E-state index contributed by atoms with van der Waals surface area (Å²) in [7, 11) is 1.62. The summed E-state index contributed by atoms with van der Waals surface area (Å²) in [6.45, 7) is 5.79. The van der Waals surface area contributed by atoms with Crippen LogP contribution in [0.25, 0.3) is 0 Å². The van der Waals surface area contributed by atoms with Crippen LogP contribution >= 0.6 is 11.8 Å². The van der Waals surface area contributed by atoms with Gasteiger partial charge in [0.2, 0.25) is 0 Å². The van der Waals surface area contributed by atoms with E-state index in [1.807, 2.05) is 37.3 Å². The van der Waals surface area contributed by atoms with Crippen LogP contribution < -0.4 is 4.74 Å². The molecule has 20 heavy (non-hydrogen) atoms. The lowest BCUT2D eigenvalue weighted by molar-refractivity contribution is 0.191. The lowest BCUT2D eigenvalue weighted by atomic mass is 10.1. The Morgan fingerprint density at radius 3 is 2.60 bits per heavy atom. The molecule has 4 heteroatoms. The highest BCUT2D eigenvalue weighted by Gasteiger charge is 2.15. The molecule has 2 rings (SSSR count). The Morgan fingerprint density at radius 1 is 1.25 bits per heavy atom. The molecule has 0 saturated carbocycles. The first-order chi connectivity index (χ1) is 9.51. The van der Waals surface area contributed by atoms with E-state index in [-0.39, 0.29) is 0 Å². The number of aliphatic hydroxyl groups is 1. The highest BCUT2D eigenvalue weighted by molar-refractivity contribution is 7.99. The van der Waals surface area contributed by atoms with Crippen LogP contribution in [0, 0.1) is 13.8 Å². The predicted octanol–water partition coefficient (Wildman–Crippen LogP) is 3.91. The third-order valence-electron chi connectivity index (χ3n) is 2.95. The summed E-state index contributed by atoms with van der Waals surface area (Å²) in [6.07, 6.45) is -0.584. The zero-order valence-electron chi connectivity index (χ0n) is 12.2. The molecule has 1 aromatic heterocycles. The number of aliphatic hydroxyl groups excluding tert-OH is 1. The van der Waals surface area contributed by atoms with Gasteiger partial charge < -0.3 is 9.84 Å². The molecule has 0 bridgehead atoms. The van der Waals surface area contributed by atoms with Gasteiger partial charge in [-0.15, -0.1) is 0 Å². The third-order valence-corrected chi connectivity index (χ3v) is 3.95. The van der Waals surface area contributed by atoms with Crippen molar-refractivity contribution < 1.29 is 9.84 Å². The maximum atomic E-state index is 9.99. The maximum absolute atomic E-state index is 9.99. The average Bonchev–Trinajstić information content (AvgIpc) is 2.36. The van der Waals surface area contributed by atoms with Crippen LogP contribution in [0.1, 0.15) is 29.8 Å². The number of hydrogen-bond acceptors (Lipinski definition) is 4. The number of aromatic nitrogens is 1. The zero-order valence-corrected chi connectivity index (χ0v) is 13.0. The van der Waals surface area contributed by atoms with Gasteiger partial charge in [0, 0.05) is 16.2 Å². The molecule has 0 radical (unpaired) electrons. The molecule has 3 nitrogen and oxygen atoms in total. The van der Waals surface area contributed by atoms with E-state index in [2.05, 4.69) is 11.9 Å². The van der Waals surface area contributed by atoms with Crippen LogP contribution in [-0.4, -0.2) is 17.2 Å². The van der Waals surface area contributed by atoms with Gasteiger partial charge in [0.25, 0.3) is 0 Å². The van der Waals surface area contributed by atoms with Gasteiger partial charge in [0.15, 0.2) is 0 Å². The summed E-state index contributed by atoms with van der Waals surface area (Å²) < 4.78 is 5.34. The predicted molar refractivity (Wildman–Crippen MR) is 81.5 cm³/mol. The summed E-state index contributed by atoms with van der Waals surface area (Å²) in [5, 5.41) is 10.9. The van der Waals surface area contributed by atoms with Crippen molar-refractivity contribution >= 4 is 11.8 Å². The van der Waals surface area contributed by atoms with Crippen LogP contribution in [-0.2, 0) is 0 Å². The Labute approximate surface area is 124 Å². The Balaban J connectivity index is 2.42. The smallest absolute Gasteiger partial charge is 0.125 e. The molecule has 0 aliphatic rings. The van der Waals surface area contributed by atoms with Crippen molar-refractivity contribution in [1.29, 1.82) is 0 Å². The Morgan fingerprint density at radius 2 is 2.00 bits per heavy atom. The highest BCUT2D eigenvalue weighted by Crippen LogP contribution is 2.37.